The summed E-state index contributed by atoms with van der Waals surface area (Å²) in [6.45, 7) is 5.06. The fourth-order valence-corrected chi connectivity index (χ4v) is 1.45. The van der Waals surface area contributed by atoms with Gasteiger partial charge in [0.15, 0.2) is 0 Å². The first-order valence-electron chi connectivity index (χ1n) is 4.37. The molecule has 0 saturated carbocycles. The maximum atomic E-state index is 11.0. The average Bonchev–Trinajstić information content (AvgIpc) is 2.18. The second-order valence-corrected chi connectivity index (χ2v) is 3.09. The van der Waals surface area contributed by atoms with Crippen molar-refractivity contribution >= 4 is 5.91 Å². The number of carbonyl (C=O) groups is 1. The molecule has 2 N–H and O–H groups in total. The molecule has 2 atom stereocenters. The number of carbonyl (C=O) groups excluding carboxylic acids is 1. The molecule has 1 heterocycles. The normalized spacial score (nSPS) is 27.3. The largest absolute Gasteiger partial charge is 0.347 e. The summed E-state index contributed by atoms with van der Waals surface area (Å²) in [6, 6.07) is 0.0456. The first kappa shape index (κ1) is 9.82. The van der Waals surface area contributed by atoms with Gasteiger partial charge in [-0.05, 0) is 19.0 Å². The van der Waals surface area contributed by atoms with Crippen molar-refractivity contribution in [1.82, 2.24) is 10.6 Å². The van der Waals surface area contributed by atoms with Crippen molar-refractivity contribution < 1.29 is 4.79 Å². The summed E-state index contributed by atoms with van der Waals surface area (Å²) in [7, 11) is 0. The number of terminal acetylenes is 1. The molecule has 1 aliphatic heterocycles. The quantitative estimate of drug-likeness (QED) is 0.458. The van der Waals surface area contributed by atoms with Gasteiger partial charge in [-0.1, -0.05) is 6.58 Å². The molecule has 1 rings (SSSR count). The van der Waals surface area contributed by atoms with Crippen LogP contribution in [0, 0.1) is 18.3 Å². The van der Waals surface area contributed by atoms with Crippen molar-refractivity contribution in [2.24, 2.45) is 5.92 Å². The Labute approximate surface area is 78.6 Å². The molecule has 1 aliphatic rings. The third-order valence-corrected chi connectivity index (χ3v) is 2.21. The Morgan fingerprint density at radius 2 is 2.54 bits per heavy atom. The molecule has 0 spiro atoms. The monoisotopic (exact) mass is 178 g/mol. The number of amides is 1. The van der Waals surface area contributed by atoms with Crippen molar-refractivity contribution in [2.75, 3.05) is 13.1 Å². The molecule has 3 nitrogen and oxygen atoms in total. The topological polar surface area (TPSA) is 41.1 Å². The number of hydrogen-bond donors (Lipinski definition) is 2. The first-order chi connectivity index (χ1) is 6.27. The van der Waals surface area contributed by atoms with Gasteiger partial charge in [0.2, 0.25) is 5.91 Å². The minimum absolute atomic E-state index is 0.0456. The molecule has 1 saturated heterocycles. The van der Waals surface area contributed by atoms with Gasteiger partial charge < -0.3 is 10.6 Å². The molecule has 0 aliphatic carbocycles. The zero-order chi connectivity index (χ0) is 9.68. The van der Waals surface area contributed by atoms with E-state index in [2.05, 4.69) is 23.1 Å². The van der Waals surface area contributed by atoms with E-state index in [-0.39, 0.29) is 17.9 Å². The fraction of sp³-hybridized carbons (Fsp3) is 0.500. The van der Waals surface area contributed by atoms with Crippen LogP contribution in [0.3, 0.4) is 0 Å². The predicted molar refractivity (Wildman–Crippen MR) is 51.9 cm³/mol. The highest BCUT2D eigenvalue weighted by Gasteiger charge is 2.23. The molecule has 0 aromatic heterocycles. The molecule has 70 valence electrons. The highest BCUT2D eigenvalue weighted by molar-refractivity contribution is 5.87. The fourth-order valence-electron chi connectivity index (χ4n) is 1.45. The molecular formula is C10H14N2O. The number of piperidine rings is 1. The molecule has 13 heavy (non-hydrogen) atoms. The van der Waals surface area contributed by atoms with Crippen molar-refractivity contribution in [3.63, 3.8) is 0 Å². The van der Waals surface area contributed by atoms with E-state index in [4.69, 9.17) is 6.42 Å². The number of hydrogen-bond acceptors (Lipinski definition) is 2. The minimum atomic E-state index is -0.158. The van der Waals surface area contributed by atoms with Crippen molar-refractivity contribution in [3.05, 3.63) is 12.7 Å². The maximum absolute atomic E-state index is 11.0. The summed E-state index contributed by atoms with van der Waals surface area (Å²) in [5.74, 6) is 2.68. The second-order valence-electron chi connectivity index (χ2n) is 3.09. The van der Waals surface area contributed by atoms with Gasteiger partial charge in [-0.25, -0.2) is 0 Å². The van der Waals surface area contributed by atoms with Gasteiger partial charge in [-0.15, -0.1) is 12.3 Å². The Balaban J connectivity index is 2.50. The SMILES string of the molecule is C#C[C@@H]1CCNC[C@@H]1NC(=O)C=C. The zero-order valence-corrected chi connectivity index (χ0v) is 7.55. The molecule has 3 heteroatoms. The Hall–Kier alpha value is -1.27. The lowest BCUT2D eigenvalue weighted by Crippen LogP contribution is -2.50. The Morgan fingerprint density at radius 3 is 3.15 bits per heavy atom. The second kappa shape index (κ2) is 4.68. The van der Waals surface area contributed by atoms with E-state index < -0.39 is 0 Å². The van der Waals surface area contributed by atoms with Crippen LogP contribution in [0.5, 0.6) is 0 Å². The lowest BCUT2D eigenvalue weighted by molar-refractivity contribution is -0.117. The first-order valence-corrected chi connectivity index (χ1v) is 4.37. The van der Waals surface area contributed by atoms with Gasteiger partial charge in [0.1, 0.15) is 0 Å². The lowest BCUT2D eigenvalue weighted by atomic mass is 9.93. The van der Waals surface area contributed by atoms with E-state index in [1.54, 1.807) is 0 Å². The van der Waals surface area contributed by atoms with E-state index in [1.165, 1.54) is 6.08 Å². The summed E-state index contributed by atoms with van der Waals surface area (Å²) < 4.78 is 0. The standard InChI is InChI=1S/C10H14N2O/c1-3-8-5-6-11-7-9(8)12-10(13)4-2/h1,4,8-9,11H,2,5-7H2,(H,12,13)/t8-,9+/m1/s1. The third-order valence-electron chi connectivity index (χ3n) is 2.21. The highest BCUT2D eigenvalue weighted by atomic mass is 16.1. The van der Waals surface area contributed by atoms with Crippen LogP contribution in [-0.2, 0) is 4.79 Å². The summed E-state index contributed by atoms with van der Waals surface area (Å²) in [4.78, 5) is 11.0. The van der Waals surface area contributed by atoms with E-state index >= 15 is 0 Å². The molecular weight excluding hydrogens is 164 g/mol. The Kier molecular flexibility index (Phi) is 3.53. The maximum Gasteiger partial charge on any atom is 0.243 e. The van der Waals surface area contributed by atoms with E-state index in [1.807, 2.05) is 0 Å². The molecule has 0 aromatic carbocycles. The van der Waals surface area contributed by atoms with Crippen LogP contribution in [0.1, 0.15) is 6.42 Å². The molecule has 1 fully saturated rings. The zero-order valence-electron chi connectivity index (χ0n) is 7.55. The van der Waals surface area contributed by atoms with Gasteiger partial charge >= 0.3 is 0 Å². The van der Waals surface area contributed by atoms with Crippen LogP contribution in [0.25, 0.3) is 0 Å². The smallest absolute Gasteiger partial charge is 0.243 e. The molecule has 0 radical (unpaired) electrons. The summed E-state index contributed by atoms with van der Waals surface area (Å²) in [5, 5.41) is 5.99. The molecule has 0 aromatic rings. The van der Waals surface area contributed by atoms with E-state index in [0.29, 0.717) is 0 Å². The predicted octanol–water partition coefficient (Wildman–Crippen LogP) is -0.100. The Bertz CT molecular complexity index is 242. The van der Waals surface area contributed by atoms with Crippen molar-refractivity contribution in [3.8, 4) is 12.3 Å². The molecule has 0 unspecified atom stereocenters. The Morgan fingerprint density at radius 1 is 1.77 bits per heavy atom. The van der Waals surface area contributed by atoms with Crippen LogP contribution >= 0.6 is 0 Å². The van der Waals surface area contributed by atoms with Crippen LogP contribution < -0.4 is 10.6 Å². The van der Waals surface area contributed by atoms with Crippen LogP contribution in [0.4, 0.5) is 0 Å². The van der Waals surface area contributed by atoms with Crippen LogP contribution in [0.15, 0.2) is 12.7 Å². The van der Waals surface area contributed by atoms with Gasteiger partial charge in [0.25, 0.3) is 0 Å². The van der Waals surface area contributed by atoms with Gasteiger partial charge in [0.05, 0.1) is 6.04 Å². The van der Waals surface area contributed by atoms with Crippen molar-refractivity contribution in [2.45, 2.75) is 12.5 Å². The van der Waals surface area contributed by atoms with Gasteiger partial charge in [-0.2, -0.15) is 0 Å². The van der Waals surface area contributed by atoms with E-state index in [0.717, 1.165) is 19.5 Å². The average molecular weight is 178 g/mol. The van der Waals surface area contributed by atoms with Gasteiger partial charge in [0, 0.05) is 12.5 Å². The summed E-state index contributed by atoms with van der Waals surface area (Å²) >= 11 is 0. The number of nitrogens with one attached hydrogen (secondary N) is 2. The third kappa shape index (κ3) is 2.60. The van der Waals surface area contributed by atoms with Gasteiger partial charge in [-0.3, -0.25) is 4.79 Å². The van der Waals surface area contributed by atoms with Crippen LogP contribution in [0.2, 0.25) is 0 Å². The summed E-state index contributed by atoms with van der Waals surface area (Å²) in [5.41, 5.74) is 0. The number of rotatable bonds is 2. The van der Waals surface area contributed by atoms with Crippen LogP contribution in [-0.4, -0.2) is 25.0 Å². The van der Waals surface area contributed by atoms with Crippen molar-refractivity contribution in [1.29, 1.82) is 0 Å². The minimum Gasteiger partial charge on any atom is -0.347 e. The highest BCUT2D eigenvalue weighted by Crippen LogP contribution is 2.10. The molecule has 0 bridgehead atoms. The van der Waals surface area contributed by atoms with E-state index in [9.17, 15) is 4.79 Å². The summed E-state index contributed by atoms with van der Waals surface area (Å²) in [6.07, 6.45) is 7.54. The lowest BCUT2D eigenvalue weighted by Gasteiger charge is -2.28. The molecule has 1 amide bonds.